The molecule has 0 N–H and O–H groups in total. The molecule has 0 saturated carbocycles. The number of carbonyl (C=O) groups excluding carboxylic acids is 1. The SMILES string of the molecule is COc1cc(/C=C/C(=O)OCc2ccc(C#N)cc2)ccc1OCC(C)C. The summed E-state index contributed by atoms with van der Waals surface area (Å²) in [6.07, 6.45) is 3.03. The minimum Gasteiger partial charge on any atom is -0.493 e. The average molecular weight is 365 g/mol. The van der Waals surface area contributed by atoms with E-state index in [0.29, 0.717) is 29.6 Å². The number of rotatable bonds is 8. The van der Waals surface area contributed by atoms with Gasteiger partial charge in [-0.2, -0.15) is 5.26 Å². The van der Waals surface area contributed by atoms with Gasteiger partial charge < -0.3 is 14.2 Å². The number of benzene rings is 2. The van der Waals surface area contributed by atoms with Gasteiger partial charge >= 0.3 is 5.97 Å². The van der Waals surface area contributed by atoms with Crippen LogP contribution in [-0.4, -0.2) is 19.7 Å². The molecule has 27 heavy (non-hydrogen) atoms. The van der Waals surface area contributed by atoms with Crippen LogP contribution in [0.1, 0.15) is 30.5 Å². The van der Waals surface area contributed by atoms with Gasteiger partial charge in [-0.1, -0.05) is 32.0 Å². The monoisotopic (exact) mass is 365 g/mol. The summed E-state index contributed by atoms with van der Waals surface area (Å²) in [6, 6.07) is 14.4. The number of nitrogens with zero attached hydrogens (tertiary/aromatic N) is 1. The smallest absolute Gasteiger partial charge is 0.331 e. The van der Waals surface area contributed by atoms with Crippen LogP contribution in [0.5, 0.6) is 11.5 Å². The molecule has 0 aliphatic carbocycles. The zero-order valence-corrected chi connectivity index (χ0v) is 15.8. The van der Waals surface area contributed by atoms with Gasteiger partial charge in [0, 0.05) is 6.08 Å². The number of hydrogen-bond acceptors (Lipinski definition) is 5. The van der Waals surface area contributed by atoms with Crippen molar-refractivity contribution in [3.05, 3.63) is 65.2 Å². The molecule has 5 nitrogen and oxygen atoms in total. The molecule has 0 atom stereocenters. The third kappa shape index (κ3) is 6.52. The van der Waals surface area contributed by atoms with Gasteiger partial charge in [0.25, 0.3) is 0 Å². The first-order chi connectivity index (χ1) is 13.0. The Bertz CT molecular complexity index is 832. The van der Waals surface area contributed by atoms with E-state index >= 15 is 0 Å². The van der Waals surface area contributed by atoms with Gasteiger partial charge in [0.15, 0.2) is 11.5 Å². The van der Waals surface area contributed by atoms with E-state index in [-0.39, 0.29) is 6.61 Å². The van der Waals surface area contributed by atoms with Gasteiger partial charge in [-0.05, 0) is 47.4 Å². The molecule has 2 rings (SSSR count). The third-order valence-corrected chi connectivity index (χ3v) is 3.64. The van der Waals surface area contributed by atoms with Crippen molar-refractivity contribution in [3.63, 3.8) is 0 Å². The van der Waals surface area contributed by atoms with E-state index in [1.165, 1.54) is 6.08 Å². The number of hydrogen-bond donors (Lipinski definition) is 0. The Morgan fingerprint density at radius 2 is 1.89 bits per heavy atom. The number of nitriles is 1. The molecular weight excluding hydrogens is 342 g/mol. The van der Waals surface area contributed by atoms with Crippen molar-refractivity contribution >= 4 is 12.0 Å². The molecule has 5 heteroatoms. The van der Waals surface area contributed by atoms with Crippen LogP contribution in [0.25, 0.3) is 6.08 Å². The van der Waals surface area contributed by atoms with E-state index < -0.39 is 5.97 Å². The number of methoxy groups -OCH3 is 1. The van der Waals surface area contributed by atoms with Crippen LogP contribution in [-0.2, 0) is 16.1 Å². The van der Waals surface area contributed by atoms with E-state index in [4.69, 9.17) is 19.5 Å². The lowest BCUT2D eigenvalue weighted by molar-refractivity contribution is -0.138. The van der Waals surface area contributed by atoms with Gasteiger partial charge in [-0.15, -0.1) is 0 Å². The number of esters is 1. The molecule has 2 aromatic rings. The second-order valence-electron chi connectivity index (χ2n) is 6.36. The maximum atomic E-state index is 11.9. The molecule has 0 aliphatic rings. The third-order valence-electron chi connectivity index (χ3n) is 3.64. The molecule has 0 fully saturated rings. The first-order valence-corrected chi connectivity index (χ1v) is 8.66. The van der Waals surface area contributed by atoms with Crippen LogP contribution in [0.15, 0.2) is 48.5 Å². The van der Waals surface area contributed by atoms with Crippen LogP contribution in [0.3, 0.4) is 0 Å². The maximum Gasteiger partial charge on any atom is 0.331 e. The predicted molar refractivity (Wildman–Crippen MR) is 103 cm³/mol. The maximum absolute atomic E-state index is 11.9. The van der Waals surface area contributed by atoms with Gasteiger partial charge in [0.1, 0.15) is 6.61 Å². The molecule has 0 bridgehead atoms. The van der Waals surface area contributed by atoms with Crippen LogP contribution < -0.4 is 9.47 Å². The van der Waals surface area contributed by atoms with Crippen molar-refractivity contribution in [1.29, 1.82) is 5.26 Å². The fraction of sp³-hybridized carbons (Fsp3) is 0.273. The van der Waals surface area contributed by atoms with Crippen LogP contribution in [0.4, 0.5) is 0 Å². The molecule has 0 radical (unpaired) electrons. The minimum atomic E-state index is -0.446. The lowest BCUT2D eigenvalue weighted by Crippen LogP contribution is -2.05. The molecular formula is C22H23NO4. The molecule has 0 unspecified atom stereocenters. The van der Waals surface area contributed by atoms with E-state index in [2.05, 4.69) is 13.8 Å². The van der Waals surface area contributed by atoms with E-state index in [9.17, 15) is 4.79 Å². The molecule has 2 aromatic carbocycles. The molecule has 0 spiro atoms. The lowest BCUT2D eigenvalue weighted by atomic mass is 10.1. The van der Waals surface area contributed by atoms with Crippen molar-refractivity contribution < 1.29 is 19.0 Å². The van der Waals surface area contributed by atoms with E-state index in [1.807, 2.05) is 18.2 Å². The van der Waals surface area contributed by atoms with E-state index in [1.54, 1.807) is 43.5 Å². The average Bonchev–Trinajstić information content (AvgIpc) is 2.69. The Labute approximate surface area is 159 Å². The zero-order chi connectivity index (χ0) is 19.6. The molecule has 0 aromatic heterocycles. The van der Waals surface area contributed by atoms with E-state index in [0.717, 1.165) is 11.1 Å². The topological polar surface area (TPSA) is 68.5 Å². The lowest BCUT2D eigenvalue weighted by Gasteiger charge is -2.12. The summed E-state index contributed by atoms with van der Waals surface area (Å²) in [4.78, 5) is 11.9. The highest BCUT2D eigenvalue weighted by atomic mass is 16.5. The first-order valence-electron chi connectivity index (χ1n) is 8.66. The molecule has 0 aliphatic heterocycles. The standard InChI is InChI=1S/C22H23NO4/c1-16(2)14-26-20-10-8-17(12-21(20)25-3)9-11-22(24)27-15-19-6-4-18(13-23)5-7-19/h4-12,16H,14-15H2,1-3H3/b11-9+. The summed E-state index contributed by atoms with van der Waals surface area (Å²) in [5.41, 5.74) is 2.20. The highest BCUT2D eigenvalue weighted by molar-refractivity contribution is 5.87. The fourth-order valence-electron chi connectivity index (χ4n) is 2.21. The highest BCUT2D eigenvalue weighted by Gasteiger charge is 2.06. The molecule has 0 amide bonds. The normalized spacial score (nSPS) is 10.6. The minimum absolute atomic E-state index is 0.153. The van der Waals surface area contributed by atoms with Gasteiger partial charge in [-0.3, -0.25) is 0 Å². The van der Waals surface area contributed by atoms with Crippen LogP contribution >= 0.6 is 0 Å². The second-order valence-corrected chi connectivity index (χ2v) is 6.36. The summed E-state index contributed by atoms with van der Waals surface area (Å²) in [6.45, 7) is 4.91. The fourth-order valence-corrected chi connectivity index (χ4v) is 2.21. The number of ether oxygens (including phenoxy) is 3. The highest BCUT2D eigenvalue weighted by Crippen LogP contribution is 2.29. The summed E-state index contributed by atoms with van der Waals surface area (Å²) >= 11 is 0. The Balaban J connectivity index is 1.93. The summed E-state index contributed by atoms with van der Waals surface area (Å²) in [7, 11) is 1.58. The van der Waals surface area contributed by atoms with Crippen molar-refractivity contribution in [1.82, 2.24) is 0 Å². The summed E-state index contributed by atoms with van der Waals surface area (Å²) in [5, 5.41) is 8.77. The van der Waals surface area contributed by atoms with Crippen molar-refractivity contribution in [2.45, 2.75) is 20.5 Å². The quantitative estimate of drug-likeness (QED) is 0.514. The molecule has 0 saturated heterocycles. The Morgan fingerprint density at radius 1 is 1.15 bits per heavy atom. The van der Waals surface area contributed by atoms with Crippen molar-refractivity contribution in [2.24, 2.45) is 5.92 Å². The van der Waals surface area contributed by atoms with Crippen LogP contribution in [0, 0.1) is 17.2 Å². The predicted octanol–water partition coefficient (Wildman–Crippen LogP) is 4.36. The largest absolute Gasteiger partial charge is 0.493 e. The molecule has 0 heterocycles. The van der Waals surface area contributed by atoms with Gasteiger partial charge in [0.2, 0.25) is 0 Å². The Hall–Kier alpha value is -3.26. The summed E-state index contributed by atoms with van der Waals surface area (Å²) in [5.74, 6) is 1.26. The van der Waals surface area contributed by atoms with Crippen molar-refractivity contribution in [3.8, 4) is 17.6 Å². The Morgan fingerprint density at radius 3 is 2.52 bits per heavy atom. The van der Waals surface area contributed by atoms with Crippen LogP contribution in [0.2, 0.25) is 0 Å². The van der Waals surface area contributed by atoms with Gasteiger partial charge in [-0.25, -0.2) is 4.79 Å². The zero-order valence-electron chi connectivity index (χ0n) is 15.8. The Kier molecular flexibility index (Phi) is 7.45. The van der Waals surface area contributed by atoms with Crippen molar-refractivity contribution in [2.75, 3.05) is 13.7 Å². The first kappa shape index (κ1) is 20.1. The van der Waals surface area contributed by atoms with Gasteiger partial charge in [0.05, 0.1) is 25.3 Å². The number of carbonyl (C=O) groups is 1. The second kappa shape index (κ2) is 10.0. The summed E-state index contributed by atoms with van der Waals surface area (Å²) < 4.78 is 16.3. The molecule has 140 valence electrons.